The molecule has 1 aromatic heterocycles. The molecule has 19 heavy (non-hydrogen) atoms. The molecule has 0 aliphatic heterocycles. The molecule has 1 heterocycles. The van der Waals surface area contributed by atoms with Crippen LogP contribution in [0.4, 0.5) is 5.69 Å². The monoisotopic (exact) mass is 273 g/mol. The second-order valence-corrected chi connectivity index (χ2v) is 4.20. The molecule has 0 aliphatic carbocycles. The van der Waals surface area contributed by atoms with Gasteiger partial charge < -0.3 is 10.6 Å². The molecule has 0 fully saturated rings. The zero-order valence-corrected chi connectivity index (χ0v) is 11.6. The van der Waals surface area contributed by atoms with Crippen LogP contribution in [0.2, 0.25) is 0 Å². The van der Waals surface area contributed by atoms with Crippen molar-refractivity contribution in [3.63, 3.8) is 0 Å². The normalized spacial score (nSPS) is 10.6. The molecule has 0 spiro atoms. The number of benzene rings is 1. The highest BCUT2D eigenvalue weighted by Crippen LogP contribution is 2.23. The van der Waals surface area contributed by atoms with Gasteiger partial charge in [-0.2, -0.15) is 5.10 Å². The number of thiocarbonyl (C=S) groups is 1. The summed E-state index contributed by atoms with van der Waals surface area (Å²) in [4.78, 5) is 4.32. The van der Waals surface area contributed by atoms with E-state index in [1.807, 2.05) is 31.3 Å². The first-order chi connectivity index (χ1) is 9.26. The summed E-state index contributed by atoms with van der Waals surface area (Å²) < 4.78 is 0. The van der Waals surface area contributed by atoms with Gasteiger partial charge in [0.15, 0.2) is 5.11 Å². The standard InChI is InChI=1S/C13H15N5S/c1-14-11-5-3-4-9-10(11)6-7-16-12(9)8-17-18-13(19)15-2/h3-8,14H,1-2H3,(H2,15,18,19)/b17-8-. The van der Waals surface area contributed by atoms with Crippen molar-refractivity contribution in [3.05, 3.63) is 36.2 Å². The van der Waals surface area contributed by atoms with Crippen LogP contribution in [0.3, 0.4) is 0 Å². The largest absolute Gasteiger partial charge is 0.388 e. The van der Waals surface area contributed by atoms with Crippen molar-refractivity contribution in [2.75, 3.05) is 19.4 Å². The van der Waals surface area contributed by atoms with Gasteiger partial charge in [0.1, 0.15) is 0 Å². The van der Waals surface area contributed by atoms with Crippen LogP contribution in [0.15, 0.2) is 35.6 Å². The van der Waals surface area contributed by atoms with E-state index in [1.165, 1.54) is 0 Å². The third-order valence-electron chi connectivity index (χ3n) is 2.69. The van der Waals surface area contributed by atoms with Gasteiger partial charge in [0.25, 0.3) is 0 Å². The summed E-state index contributed by atoms with van der Waals surface area (Å²) in [6.45, 7) is 0. The summed E-state index contributed by atoms with van der Waals surface area (Å²) in [5, 5.41) is 12.6. The maximum Gasteiger partial charge on any atom is 0.186 e. The van der Waals surface area contributed by atoms with Gasteiger partial charge >= 0.3 is 0 Å². The van der Waals surface area contributed by atoms with E-state index in [1.54, 1.807) is 19.5 Å². The van der Waals surface area contributed by atoms with Gasteiger partial charge in [0.05, 0.1) is 11.9 Å². The number of pyridine rings is 1. The fourth-order valence-electron chi connectivity index (χ4n) is 1.76. The molecule has 98 valence electrons. The lowest BCUT2D eigenvalue weighted by Gasteiger charge is -2.07. The van der Waals surface area contributed by atoms with Gasteiger partial charge in [0, 0.05) is 36.8 Å². The van der Waals surface area contributed by atoms with E-state index in [0.29, 0.717) is 5.11 Å². The average molecular weight is 273 g/mol. The quantitative estimate of drug-likeness (QED) is 0.451. The first-order valence-electron chi connectivity index (χ1n) is 5.82. The number of nitrogens with one attached hydrogen (secondary N) is 3. The van der Waals surface area contributed by atoms with Gasteiger partial charge in [-0.05, 0) is 24.4 Å². The van der Waals surface area contributed by atoms with Gasteiger partial charge in [0.2, 0.25) is 0 Å². The molecule has 0 radical (unpaired) electrons. The third kappa shape index (κ3) is 2.97. The number of fused-ring (bicyclic) bond motifs is 1. The number of hydrazone groups is 1. The van der Waals surface area contributed by atoms with Gasteiger partial charge in [-0.25, -0.2) is 0 Å². The van der Waals surface area contributed by atoms with Crippen molar-refractivity contribution >= 4 is 40.0 Å². The third-order valence-corrected chi connectivity index (χ3v) is 2.98. The predicted molar refractivity (Wildman–Crippen MR) is 83.7 cm³/mol. The van der Waals surface area contributed by atoms with E-state index in [2.05, 4.69) is 26.1 Å². The summed E-state index contributed by atoms with van der Waals surface area (Å²) in [5.74, 6) is 0. The zero-order valence-electron chi connectivity index (χ0n) is 10.8. The Bertz CT molecular complexity index is 623. The highest BCUT2D eigenvalue weighted by atomic mass is 32.1. The molecule has 0 aliphatic rings. The zero-order chi connectivity index (χ0) is 13.7. The molecule has 0 bridgehead atoms. The van der Waals surface area contributed by atoms with E-state index in [4.69, 9.17) is 12.2 Å². The highest BCUT2D eigenvalue weighted by molar-refractivity contribution is 7.80. The second-order valence-electron chi connectivity index (χ2n) is 3.80. The number of anilines is 1. The molecule has 0 saturated carbocycles. The lowest BCUT2D eigenvalue weighted by molar-refractivity contribution is 0.981. The van der Waals surface area contributed by atoms with Crippen molar-refractivity contribution < 1.29 is 0 Å². The lowest BCUT2D eigenvalue weighted by atomic mass is 10.1. The van der Waals surface area contributed by atoms with Crippen molar-refractivity contribution in [3.8, 4) is 0 Å². The van der Waals surface area contributed by atoms with Crippen LogP contribution in [-0.2, 0) is 0 Å². The molecule has 2 aromatic rings. The van der Waals surface area contributed by atoms with Crippen LogP contribution in [-0.4, -0.2) is 30.4 Å². The molecule has 0 amide bonds. The summed E-state index contributed by atoms with van der Waals surface area (Å²) in [5.41, 5.74) is 4.56. The predicted octanol–water partition coefficient (Wildman–Crippen LogP) is 1.70. The van der Waals surface area contributed by atoms with Crippen LogP contribution in [0, 0.1) is 0 Å². The summed E-state index contributed by atoms with van der Waals surface area (Å²) in [6.07, 6.45) is 3.42. The summed E-state index contributed by atoms with van der Waals surface area (Å²) >= 11 is 4.94. The second kappa shape index (κ2) is 6.10. The smallest absolute Gasteiger partial charge is 0.186 e. The molecule has 2 rings (SSSR count). The molecular formula is C13H15N5S. The van der Waals surface area contributed by atoms with Crippen LogP contribution < -0.4 is 16.1 Å². The Hall–Kier alpha value is -2.21. The van der Waals surface area contributed by atoms with E-state index < -0.39 is 0 Å². The molecule has 0 unspecified atom stereocenters. The molecule has 0 saturated heterocycles. The lowest BCUT2D eigenvalue weighted by Crippen LogP contribution is -2.28. The Morgan fingerprint density at radius 2 is 2.11 bits per heavy atom. The minimum atomic E-state index is 0.465. The van der Waals surface area contributed by atoms with Gasteiger partial charge in [-0.1, -0.05) is 12.1 Å². The molecule has 6 heteroatoms. The Morgan fingerprint density at radius 3 is 2.84 bits per heavy atom. The van der Waals surface area contributed by atoms with E-state index in [9.17, 15) is 0 Å². The maximum atomic E-state index is 4.94. The topological polar surface area (TPSA) is 61.3 Å². The van der Waals surface area contributed by atoms with Crippen LogP contribution in [0.5, 0.6) is 0 Å². The van der Waals surface area contributed by atoms with Crippen LogP contribution in [0.25, 0.3) is 10.8 Å². The Balaban J connectivity index is 2.36. The number of hydrogen-bond acceptors (Lipinski definition) is 4. The van der Waals surface area contributed by atoms with Crippen LogP contribution >= 0.6 is 12.2 Å². The fourth-order valence-corrected chi connectivity index (χ4v) is 1.81. The molecular weight excluding hydrogens is 258 g/mol. The van der Waals surface area contributed by atoms with Gasteiger partial charge in [-0.15, -0.1) is 0 Å². The van der Waals surface area contributed by atoms with E-state index >= 15 is 0 Å². The number of aromatic nitrogens is 1. The molecule has 3 N–H and O–H groups in total. The minimum Gasteiger partial charge on any atom is -0.388 e. The van der Waals surface area contributed by atoms with E-state index in [0.717, 1.165) is 22.2 Å². The van der Waals surface area contributed by atoms with Crippen molar-refractivity contribution in [1.82, 2.24) is 15.7 Å². The van der Waals surface area contributed by atoms with Crippen molar-refractivity contribution in [1.29, 1.82) is 0 Å². The molecule has 1 aromatic carbocycles. The summed E-state index contributed by atoms with van der Waals surface area (Å²) in [7, 11) is 3.64. The number of hydrogen-bond donors (Lipinski definition) is 3. The Labute approximate surface area is 117 Å². The average Bonchev–Trinajstić information content (AvgIpc) is 2.46. The first kappa shape index (κ1) is 13.2. The number of rotatable bonds is 3. The minimum absolute atomic E-state index is 0.465. The fraction of sp³-hybridized carbons (Fsp3) is 0.154. The van der Waals surface area contributed by atoms with Gasteiger partial charge in [-0.3, -0.25) is 10.4 Å². The van der Waals surface area contributed by atoms with E-state index in [-0.39, 0.29) is 0 Å². The van der Waals surface area contributed by atoms with Crippen molar-refractivity contribution in [2.45, 2.75) is 0 Å². The molecule has 5 nitrogen and oxygen atoms in total. The Morgan fingerprint density at radius 1 is 1.26 bits per heavy atom. The Kier molecular flexibility index (Phi) is 4.25. The summed E-state index contributed by atoms with van der Waals surface area (Å²) in [6, 6.07) is 8.00. The number of nitrogens with zero attached hydrogens (tertiary/aromatic N) is 2. The van der Waals surface area contributed by atoms with Crippen LogP contribution in [0.1, 0.15) is 5.69 Å². The SMILES string of the molecule is CNC(=S)N/N=C\c1nccc2c(NC)cccc12. The maximum absolute atomic E-state index is 4.94. The van der Waals surface area contributed by atoms with Crippen molar-refractivity contribution in [2.24, 2.45) is 5.10 Å². The molecule has 0 atom stereocenters. The highest BCUT2D eigenvalue weighted by Gasteiger charge is 2.03. The first-order valence-corrected chi connectivity index (χ1v) is 6.23.